The van der Waals surface area contributed by atoms with Gasteiger partial charge in [-0.25, -0.2) is 0 Å². The number of carbonyl (C=O) groups excluding carboxylic acids is 1. The minimum Gasteiger partial charge on any atom is -0.352 e. The highest BCUT2D eigenvalue weighted by atomic mass is 16.1. The lowest BCUT2D eigenvalue weighted by Gasteiger charge is -2.11. The third-order valence-electron chi connectivity index (χ3n) is 3.58. The van der Waals surface area contributed by atoms with Crippen molar-refractivity contribution in [2.75, 3.05) is 6.54 Å². The lowest BCUT2D eigenvalue weighted by atomic mass is 9.95. The third-order valence-corrected chi connectivity index (χ3v) is 3.58. The molecule has 0 aromatic heterocycles. The van der Waals surface area contributed by atoms with Crippen LogP contribution in [0, 0.1) is 11.3 Å². The minimum atomic E-state index is -0.0838. The summed E-state index contributed by atoms with van der Waals surface area (Å²) in [5.41, 5.74) is 2.78. The number of hydrogen-bond donors (Lipinski definition) is 1. The molecule has 0 aliphatic heterocycles. The first-order valence-electron chi connectivity index (χ1n) is 7.64. The predicted molar refractivity (Wildman–Crippen MR) is 88.5 cm³/mol. The van der Waals surface area contributed by atoms with Crippen LogP contribution in [0.1, 0.15) is 42.1 Å². The van der Waals surface area contributed by atoms with Crippen molar-refractivity contribution in [1.82, 2.24) is 5.32 Å². The van der Waals surface area contributed by atoms with Crippen LogP contribution >= 0.6 is 0 Å². The van der Waals surface area contributed by atoms with Crippen LogP contribution in [-0.4, -0.2) is 12.5 Å². The third kappa shape index (κ3) is 3.73. The van der Waals surface area contributed by atoms with Crippen LogP contribution in [0.2, 0.25) is 0 Å². The molecule has 0 bridgehead atoms. The summed E-state index contributed by atoms with van der Waals surface area (Å²) < 4.78 is 0. The molecule has 2 rings (SSSR count). The largest absolute Gasteiger partial charge is 0.352 e. The fourth-order valence-electron chi connectivity index (χ4n) is 2.40. The van der Waals surface area contributed by atoms with Crippen LogP contribution in [0.25, 0.3) is 11.1 Å². The quantitative estimate of drug-likeness (QED) is 0.813. The van der Waals surface area contributed by atoms with Gasteiger partial charge in [-0.1, -0.05) is 56.2 Å². The van der Waals surface area contributed by atoms with E-state index in [0.29, 0.717) is 17.7 Å². The molecule has 112 valence electrons. The van der Waals surface area contributed by atoms with Gasteiger partial charge in [0.05, 0.1) is 11.6 Å². The van der Waals surface area contributed by atoms with Gasteiger partial charge in [-0.05, 0) is 24.1 Å². The fourth-order valence-corrected chi connectivity index (χ4v) is 2.40. The molecule has 22 heavy (non-hydrogen) atoms. The van der Waals surface area contributed by atoms with Gasteiger partial charge in [0.25, 0.3) is 5.91 Å². The van der Waals surface area contributed by atoms with E-state index in [2.05, 4.69) is 18.3 Å². The van der Waals surface area contributed by atoms with E-state index in [9.17, 15) is 10.1 Å². The molecule has 2 aromatic carbocycles. The zero-order chi connectivity index (χ0) is 15.8. The van der Waals surface area contributed by atoms with E-state index in [1.165, 1.54) is 0 Å². The number of hydrogen-bond acceptors (Lipinski definition) is 2. The zero-order valence-electron chi connectivity index (χ0n) is 12.8. The maximum Gasteiger partial charge on any atom is 0.251 e. The number of nitrogens with one attached hydrogen (secondary N) is 1. The Balaban J connectivity index is 2.27. The van der Waals surface area contributed by atoms with E-state index in [-0.39, 0.29) is 5.91 Å². The Morgan fingerprint density at radius 3 is 2.45 bits per heavy atom. The molecule has 0 unspecified atom stereocenters. The summed E-state index contributed by atoms with van der Waals surface area (Å²) in [6.07, 6.45) is 3.22. The average Bonchev–Trinajstić information content (AvgIpc) is 2.58. The first-order valence-corrected chi connectivity index (χ1v) is 7.64. The molecular weight excluding hydrogens is 272 g/mol. The first-order chi connectivity index (χ1) is 10.8. The van der Waals surface area contributed by atoms with Gasteiger partial charge >= 0.3 is 0 Å². The van der Waals surface area contributed by atoms with Crippen LogP contribution in [0.5, 0.6) is 0 Å². The van der Waals surface area contributed by atoms with Crippen molar-refractivity contribution in [3.8, 4) is 17.2 Å². The summed E-state index contributed by atoms with van der Waals surface area (Å²) in [5.74, 6) is -0.0838. The number of nitriles is 1. The summed E-state index contributed by atoms with van der Waals surface area (Å²) in [7, 11) is 0. The molecule has 2 aromatic rings. The Morgan fingerprint density at radius 2 is 1.73 bits per heavy atom. The highest BCUT2D eigenvalue weighted by Crippen LogP contribution is 2.26. The first kappa shape index (κ1) is 15.8. The lowest BCUT2D eigenvalue weighted by molar-refractivity contribution is 0.0953. The summed E-state index contributed by atoms with van der Waals surface area (Å²) in [6.45, 7) is 2.82. The highest BCUT2D eigenvalue weighted by Gasteiger charge is 2.14. The summed E-state index contributed by atoms with van der Waals surface area (Å²) in [5, 5.41) is 12.2. The van der Waals surface area contributed by atoms with Crippen LogP contribution in [0.3, 0.4) is 0 Å². The smallest absolute Gasteiger partial charge is 0.251 e. The molecule has 1 amide bonds. The van der Waals surface area contributed by atoms with Crippen LogP contribution in [0.15, 0.2) is 48.5 Å². The molecule has 3 nitrogen and oxygen atoms in total. The molecule has 3 heteroatoms. The van der Waals surface area contributed by atoms with Crippen molar-refractivity contribution < 1.29 is 4.79 Å². The van der Waals surface area contributed by atoms with E-state index >= 15 is 0 Å². The van der Waals surface area contributed by atoms with Gasteiger partial charge in [0.1, 0.15) is 0 Å². The normalized spacial score (nSPS) is 10.0. The Morgan fingerprint density at radius 1 is 1.05 bits per heavy atom. The Hall–Kier alpha value is -2.60. The molecule has 0 atom stereocenters. The maximum atomic E-state index is 12.4. The Bertz CT molecular complexity index is 686. The molecule has 0 fully saturated rings. The number of unbranched alkanes of at least 4 members (excludes halogenated alkanes) is 2. The van der Waals surface area contributed by atoms with Crippen molar-refractivity contribution in [2.45, 2.75) is 26.2 Å². The second kappa shape index (κ2) is 7.99. The fraction of sp³-hybridized carbons (Fsp3) is 0.263. The van der Waals surface area contributed by atoms with E-state index in [0.717, 1.165) is 30.4 Å². The number of benzene rings is 2. The molecule has 0 saturated heterocycles. The molecule has 0 spiro atoms. The van der Waals surface area contributed by atoms with E-state index < -0.39 is 0 Å². The zero-order valence-corrected chi connectivity index (χ0v) is 12.8. The summed E-state index contributed by atoms with van der Waals surface area (Å²) in [4.78, 5) is 12.4. The topological polar surface area (TPSA) is 52.9 Å². The van der Waals surface area contributed by atoms with Gasteiger partial charge in [0.15, 0.2) is 0 Å². The summed E-state index contributed by atoms with van der Waals surface area (Å²) >= 11 is 0. The van der Waals surface area contributed by atoms with Gasteiger partial charge in [0, 0.05) is 17.7 Å². The van der Waals surface area contributed by atoms with Gasteiger partial charge in [0.2, 0.25) is 0 Å². The van der Waals surface area contributed by atoms with Crippen molar-refractivity contribution >= 4 is 5.91 Å². The molecule has 0 aliphatic rings. The highest BCUT2D eigenvalue weighted by molar-refractivity contribution is 6.01. The van der Waals surface area contributed by atoms with Crippen LogP contribution in [0.4, 0.5) is 0 Å². The number of amides is 1. The second-order valence-corrected chi connectivity index (χ2v) is 5.17. The Labute approximate surface area is 131 Å². The maximum absolute atomic E-state index is 12.4. The number of rotatable bonds is 6. The molecular formula is C19H20N2O. The van der Waals surface area contributed by atoms with E-state index in [4.69, 9.17) is 0 Å². The van der Waals surface area contributed by atoms with E-state index in [1.54, 1.807) is 12.1 Å². The van der Waals surface area contributed by atoms with Crippen molar-refractivity contribution in [3.63, 3.8) is 0 Å². The molecule has 1 N–H and O–H groups in total. The van der Waals surface area contributed by atoms with E-state index in [1.807, 2.05) is 36.4 Å². The molecule has 0 heterocycles. The predicted octanol–water partition coefficient (Wildman–Crippen LogP) is 4.15. The van der Waals surface area contributed by atoms with Crippen molar-refractivity contribution in [1.29, 1.82) is 5.26 Å². The molecule has 0 saturated carbocycles. The van der Waals surface area contributed by atoms with Gasteiger partial charge in [-0.15, -0.1) is 0 Å². The minimum absolute atomic E-state index is 0.0838. The molecule has 0 aliphatic carbocycles. The van der Waals surface area contributed by atoms with Crippen LogP contribution < -0.4 is 5.32 Å². The van der Waals surface area contributed by atoms with Crippen LogP contribution in [-0.2, 0) is 0 Å². The molecule has 0 radical (unpaired) electrons. The monoisotopic (exact) mass is 292 g/mol. The number of nitrogens with zero attached hydrogens (tertiary/aromatic N) is 1. The Kier molecular flexibility index (Phi) is 5.73. The number of carbonyl (C=O) groups is 1. The van der Waals surface area contributed by atoms with Gasteiger partial charge < -0.3 is 5.32 Å². The van der Waals surface area contributed by atoms with Crippen molar-refractivity contribution in [2.24, 2.45) is 0 Å². The second-order valence-electron chi connectivity index (χ2n) is 5.17. The van der Waals surface area contributed by atoms with Gasteiger partial charge in [-0.2, -0.15) is 5.26 Å². The van der Waals surface area contributed by atoms with Crippen molar-refractivity contribution in [3.05, 3.63) is 59.7 Å². The average molecular weight is 292 g/mol. The summed E-state index contributed by atoms with van der Waals surface area (Å²) in [6, 6.07) is 17.0. The van der Waals surface area contributed by atoms with Gasteiger partial charge in [-0.3, -0.25) is 4.79 Å². The standard InChI is InChI=1S/C19H20N2O/c1-2-3-8-13-21-19(22)18-12-7-6-11-17(18)16-10-5-4-9-15(16)14-20/h4-7,9-12H,2-3,8,13H2,1H3,(H,21,22). The lowest BCUT2D eigenvalue weighted by Crippen LogP contribution is -2.25. The SMILES string of the molecule is CCCCCNC(=O)c1ccccc1-c1ccccc1C#N.